The molecular formula is C15H20N4O. The second kappa shape index (κ2) is 5.73. The van der Waals surface area contributed by atoms with Crippen molar-refractivity contribution in [3.8, 4) is 11.5 Å². The van der Waals surface area contributed by atoms with Crippen molar-refractivity contribution in [1.82, 2.24) is 20.4 Å². The largest absolute Gasteiger partial charge is 0.334 e. The first-order valence-corrected chi connectivity index (χ1v) is 7.07. The van der Waals surface area contributed by atoms with Gasteiger partial charge in [-0.1, -0.05) is 22.9 Å². The van der Waals surface area contributed by atoms with Crippen molar-refractivity contribution in [2.75, 3.05) is 19.6 Å². The zero-order valence-corrected chi connectivity index (χ0v) is 12.0. The van der Waals surface area contributed by atoms with E-state index in [0.29, 0.717) is 11.9 Å². The molecule has 0 aliphatic carbocycles. The number of benzene rings is 1. The molecule has 0 radical (unpaired) electrons. The van der Waals surface area contributed by atoms with Crippen LogP contribution in [-0.2, 0) is 6.54 Å². The lowest BCUT2D eigenvalue weighted by atomic mass is 10.1. The molecule has 0 unspecified atom stereocenters. The highest BCUT2D eigenvalue weighted by Crippen LogP contribution is 2.18. The van der Waals surface area contributed by atoms with Crippen molar-refractivity contribution in [2.45, 2.75) is 26.4 Å². The molecule has 0 bridgehead atoms. The van der Waals surface area contributed by atoms with Crippen LogP contribution in [0.5, 0.6) is 0 Å². The first-order chi connectivity index (χ1) is 9.72. The molecule has 20 heavy (non-hydrogen) atoms. The fraction of sp³-hybridized carbons (Fsp3) is 0.467. The third-order valence-corrected chi connectivity index (χ3v) is 3.75. The number of piperazine rings is 1. The lowest BCUT2D eigenvalue weighted by Crippen LogP contribution is -2.49. The molecular weight excluding hydrogens is 252 g/mol. The quantitative estimate of drug-likeness (QED) is 0.924. The number of hydrogen-bond donors (Lipinski definition) is 1. The predicted molar refractivity (Wildman–Crippen MR) is 77.2 cm³/mol. The van der Waals surface area contributed by atoms with Gasteiger partial charge >= 0.3 is 0 Å². The third kappa shape index (κ3) is 2.89. The summed E-state index contributed by atoms with van der Waals surface area (Å²) in [6.07, 6.45) is 0. The maximum atomic E-state index is 5.36. The van der Waals surface area contributed by atoms with Crippen LogP contribution in [0.3, 0.4) is 0 Å². The molecule has 1 saturated heterocycles. The van der Waals surface area contributed by atoms with Crippen LogP contribution < -0.4 is 5.32 Å². The van der Waals surface area contributed by atoms with E-state index in [1.807, 2.05) is 12.1 Å². The summed E-state index contributed by atoms with van der Waals surface area (Å²) >= 11 is 0. The number of hydrogen-bond acceptors (Lipinski definition) is 5. The lowest BCUT2D eigenvalue weighted by Gasteiger charge is -2.32. The highest BCUT2D eigenvalue weighted by atomic mass is 16.5. The Labute approximate surface area is 119 Å². The van der Waals surface area contributed by atoms with E-state index >= 15 is 0 Å². The van der Waals surface area contributed by atoms with Gasteiger partial charge in [-0.15, -0.1) is 0 Å². The Bertz CT molecular complexity index is 564. The molecule has 1 N–H and O–H groups in total. The van der Waals surface area contributed by atoms with Crippen molar-refractivity contribution in [1.29, 1.82) is 0 Å². The fourth-order valence-corrected chi connectivity index (χ4v) is 2.43. The summed E-state index contributed by atoms with van der Waals surface area (Å²) in [5.41, 5.74) is 2.20. The summed E-state index contributed by atoms with van der Waals surface area (Å²) in [5, 5.41) is 7.48. The van der Waals surface area contributed by atoms with Gasteiger partial charge in [0.05, 0.1) is 6.54 Å². The Morgan fingerprint density at radius 1 is 1.35 bits per heavy atom. The molecule has 1 aromatic heterocycles. The summed E-state index contributed by atoms with van der Waals surface area (Å²) in [6.45, 7) is 8.09. The molecule has 1 fully saturated rings. The molecule has 2 heterocycles. The summed E-state index contributed by atoms with van der Waals surface area (Å²) < 4.78 is 5.36. The molecule has 5 nitrogen and oxygen atoms in total. The van der Waals surface area contributed by atoms with E-state index in [-0.39, 0.29) is 0 Å². The van der Waals surface area contributed by atoms with Crippen molar-refractivity contribution in [2.24, 2.45) is 0 Å². The zero-order valence-electron chi connectivity index (χ0n) is 12.0. The summed E-state index contributed by atoms with van der Waals surface area (Å²) in [6, 6.07) is 8.64. The van der Waals surface area contributed by atoms with Crippen LogP contribution in [0, 0.1) is 6.92 Å². The van der Waals surface area contributed by atoms with Gasteiger partial charge in [-0.2, -0.15) is 4.98 Å². The first kappa shape index (κ1) is 13.3. The van der Waals surface area contributed by atoms with E-state index in [1.165, 1.54) is 5.56 Å². The normalized spacial score (nSPS) is 20.2. The van der Waals surface area contributed by atoms with Gasteiger partial charge in [0, 0.05) is 31.2 Å². The van der Waals surface area contributed by atoms with Crippen LogP contribution in [0.15, 0.2) is 28.8 Å². The Balaban J connectivity index is 1.71. The van der Waals surface area contributed by atoms with E-state index in [0.717, 1.165) is 37.6 Å². The third-order valence-electron chi connectivity index (χ3n) is 3.75. The fourth-order valence-electron chi connectivity index (χ4n) is 2.43. The van der Waals surface area contributed by atoms with Crippen molar-refractivity contribution >= 4 is 0 Å². The predicted octanol–water partition coefficient (Wildman–Crippen LogP) is 1.84. The molecule has 2 aromatic rings. The summed E-state index contributed by atoms with van der Waals surface area (Å²) in [7, 11) is 0. The van der Waals surface area contributed by atoms with Crippen LogP contribution in [0.1, 0.15) is 18.3 Å². The molecule has 3 rings (SSSR count). The topological polar surface area (TPSA) is 54.2 Å². The molecule has 0 spiro atoms. The number of nitrogens with one attached hydrogen (secondary N) is 1. The highest BCUT2D eigenvalue weighted by Gasteiger charge is 2.20. The van der Waals surface area contributed by atoms with Crippen molar-refractivity contribution in [3.05, 3.63) is 35.7 Å². The van der Waals surface area contributed by atoms with Crippen LogP contribution in [0.2, 0.25) is 0 Å². The van der Waals surface area contributed by atoms with Crippen LogP contribution >= 0.6 is 0 Å². The number of rotatable bonds is 3. The smallest absolute Gasteiger partial charge is 0.257 e. The van der Waals surface area contributed by atoms with Crippen molar-refractivity contribution < 1.29 is 4.52 Å². The van der Waals surface area contributed by atoms with Crippen molar-refractivity contribution in [3.63, 3.8) is 0 Å². The van der Waals surface area contributed by atoms with E-state index < -0.39 is 0 Å². The molecule has 1 aliphatic heterocycles. The van der Waals surface area contributed by atoms with Gasteiger partial charge in [0.1, 0.15) is 0 Å². The monoisotopic (exact) mass is 272 g/mol. The molecule has 5 heteroatoms. The van der Waals surface area contributed by atoms with Crippen LogP contribution in [-0.4, -0.2) is 40.7 Å². The van der Waals surface area contributed by atoms with Crippen LogP contribution in [0.4, 0.5) is 0 Å². The highest BCUT2D eigenvalue weighted by molar-refractivity contribution is 5.53. The van der Waals surface area contributed by atoms with Gasteiger partial charge in [0.25, 0.3) is 5.89 Å². The lowest BCUT2D eigenvalue weighted by molar-refractivity contribution is 0.160. The average molecular weight is 272 g/mol. The molecule has 106 valence electrons. The second-order valence-electron chi connectivity index (χ2n) is 5.41. The number of aromatic nitrogens is 2. The molecule has 1 aliphatic rings. The number of aryl methyl sites for hydroxylation is 1. The first-order valence-electron chi connectivity index (χ1n) is 7.07. The molecule has 1 aromatic carbocycles. The minimum Gasteiger partial charge on any atom is -0.334 e. The van der Waals surface area contributed by atoms with Gasteiger partial charge < -0.3 is 9.84 Å². The van der Waals surface area contributed by atoms with Gasteiger partial charge in [0.2, 0.25) is 0 Å². The van der Waals surface area contributed by atoms with Gasteiger partial charge in [0.15, 0.2) is 5.82 Å². The molecule has 0 amide bonds. The standard InChI is InChI=1S/C15H20N4O/c1-11-3-5-13(6-4-11)15-17-14(18-20-15)10-19-8-7-16-9-12(19)2/h3-6,12,16H,7-10H2,1-2H3/t12-/m1/s1. The minimum atomic E-state index is 0.505. The van der Waals surface area contributed by atoms with E-state index in [9.17, 15) is 0 Å². The Kier molecular flexibility index (Phi) is 3.80. The van der Waals surface area contributed by atoms with Crippen LogP contribution in [0.25, 0.3) is 11.5 Å². The Hall–Kier alpha value is -1.72. The minimum absolute atomic E-state index is 0.505. The van der Waals surface area contributed by atoms with E-state index in [4.69, 9.17) is 4.52 Å². The van der Waals surface area contributed by atoms with E-state index in [2.05, 4.69) is 46.3 Å². The summed E-state index contributed by atoms with van der Waals surface area (Å²) in [5.74, 6) is 1.36. The number of nitrogens with zero attached hydrogens (tertiary/aromatic N) is 3. The Morgan fingerprint density at radius 2 is 2.15 bits per heavy atom. The molecule has 1 atom stereocenters. The van der Waals surface area contributed by atoms with Gasteiger partial charge in [-0.3, -0.25) is 4.90 Å². The molecule has 0 saturated carbocycles. The maximum absolute atomic E-state index is 5.36. The van der Waals surface area contributed by atoms with Gasteiger partial charge in [-0.05, 0) is 26.0 Å². The van der Waals surface area contributed by atoms with E-state index in [1.54, 1.807) is 0 Å². The zero-order chi connectivity index (χ0) is 13.9. The summed E-state index contributed by atoms with van der Waals surface area (Å²) in [4.78, 5) is 6.87. The average Bonchev–Trinajstić information content (AvgIpc) is 2.91. The SMILES string of the molecule is Cc1ccc(-c2nc(CN3CCNC[C@H]3C)no2)cc1. The Morgan fingerprint density at radius 3 is 2.90 bits per heavy atom. The van der Waals surface area contributed by atoms with Gasteiger partial charge in [-0.25, -0.2) is 0 Å². The maximum Gasteiger partial charge on any atom is 0.257 e. The second-order valence-corrected chi connectivity index (χ2v) is 5.41.